The minimum atomic E-state index is 1.12. The van der Waals surface area contributed by atoms with Crippen LogP contribution in [-0.4, -0.2) is 0 Å². The summed E-state index contributed by atoms with van der Waals surface area (Å²) in [7, 11) is 0. The third kappa shape index (κ3) is 4.52. The number of anilines is 3. The third-order valence-electron chi connectivity index (χ3n) is 8.40. The van der Waals surface area contributed by atoms with Crippen LogP contribution in [0.25, 0.3) is 54.6 Å². The second kappa shape index (κ2) is 10.6. The number of rotatable bonds is 5. The summed E-state index contributed by atoms with van der Waals surface area (Å²) in [5.41, 5.74) is 8.28. The highest BCUT2D eigenvalue weighted by Gasteiger charge is 2.17. The highest BCUT2D eigenvalue weighted by Crippen LogP contribution is 2.43. The molecule has 43 heavy (non-hydrogen) atoms. The molecule has 8 aromatic carbocycles. The van der Waals surface area contributed by atoms with Crippen LogP contribution in [0.3, 0.4) is 0 Å². The van der Waals surface area contributed by atoms with Gasteiger partial charge in [0.2, 0.25) is 0 Å². The van der Waals surface area contributed by atoms with E-state index in [1.165, 1.54) is 60.3 Å². The fraction of sp³-hybridized carbons (Fsp3) is 0. The first kappa shape index (κ1) is 25.1. The maximum Gasteiger partial charge on any atom is 0.0546 e. The van der Waals surface area contributed by atoms with E-state index in [2.05, 4.69) is 181 Å². The smallest absolute Gasteiger partial charge is 0.0546 e. The Morgan fingerprint density at radius 1 is 0.302 bits per heavy atom. The molecule has 0 unspecified atom stereocenters. The molecule has 0 heterocycles. The van der Waals surface area contributed by atoms with Gasteiger partial charge in [-0.15, -0.1) is 0 Å². The number of fused-ring (bicyclic) bond motifs is 4. The van der Waals surface area contributed by atoms with Gasteiger partial charge in [0.1, 0.15) is 0 Å². The lowest BCUT2D eigenvalue weighted by Gasteiger charge is -2.28. The number of benzene rings is 8. The second-order valence-corrected chi connectivity index (χ2v) is 11.0. The fourth-order valence-corrected chi connectivity index (χ4v) is 6.39. The second-order valence-electron chi connectivity index (χ2n) is 11.0. The van der Waals surface area contributed by atoms with E-state index in [1.54, 1.807) is 0 Å². The number of para-hydroxylation sites is 1. The first-order valence-electron chi connectivity index (χ1n) is 14.8. The zero-order chi connectivity index (χ0) is 28.6. The van der Waals surface area contributed by atoms with E-state index < -0.39 is 0 Å². The van der Waals surface area contributed by atoms with Crippen LogP contribution in [-0.2, 0) is 0 Å². The quantitative estimate of drug-likeness (QED) is 0.194. The van der Waals surface area contributed by atoms with Gasteiger partial charge in [-0.2, -0.15) is 0 Å². The standard InChI is InChI=1S/C42H29N/c1-2-19-35(20-3-1)43(42-29-34-14-5-7-23-39(34)40-24-8-9-25-41(40)42)36-21-11-17-32(28-36)31-16-10-18-33(27-31)38-26-12-15-30-13-4-6-22-37(30)38/h1-29H. The van der Waals surface area contributed by atoms with Gasteiger partial charge in [-0.1, -0.05) is 140 Å². The van der Waals surface area contributed by atoms with E-state index in [-0.39, 0.29) is 0 Å². The molecule has 0 fully saturated rings. The van der Waals surface area contributed by atoms with Crippen LogP contribution in [0.15, 0.2) is 176 Å². The van der Waals surface area contributed by atoms with Crippen molar-refractivity contribution in [3.63, 3.8) is 0 Å². The minimum Gasteiger partial charge on any atom is -0.310 e. The van der Waals surface area contributed by atoms with Crippen LogP contribution < -0.4 is 4.90 Å². The Morgan fingerprint density at radius 3 is 1.70 bits per heavy atom. The van der Waals surface area contributed by atoms with Crippen molar-refractivity contribution in [2.24, 2.45) is 0 Å². The molecule has 1 heteroatoms. The molecule has 8 rings (SSSR count). The molecule has 0 amide bonds. The molecule has 0 saturated carbocycles. The lowest BCUT2D eigenvalue weighted by atomic mass is 9.95. The summed E-state index contributed by atoms with van der Waals surface area (Å²) in [4.78, 5) is 2.40. The zero-order valence-corrected chi connectivity index (χ0v) is 23.7. The van der Waals surface area contributed by atoms with Gasteiger partial charge in [0.15, 0.2) is 0 Å². The molecule has 0 aromatic heterocycles. The van der Waals surface area contributed by atoms with Gasteiger partial charge in [-0.3, -0.25) is 0 Å². The Morgan fingerprint density at radius 2 is 0.860 bits per heavy atom. The monoisotopic (exact) mass is 547 g/mol. The van der Waals surface area contributed by atoms with Crippen molar-refractivity contribution in [2.45, 2.75) is 0 Å². The van der Waals surface area contributed by atoms with Crippen LogP contribution in [0.4, 0.5) is 17.1 Å². The average molecular weight is 548 g/mol. The normalized spacial score (nSPS) is 11.3. The summed E-state index contributed by atoms with van der Waals surface area (Å²) in [6.45, 7) is 0. The molecule has 0 atom stereocenters. The van der Waals surface area contributed by atoms with Crippen LogP contribution in [0.1, 0.15) is 0 Å². The Balaban J connectivity index is 1.30. The maximum absolute atomic E-state index is 2.40. The van der Waals surface area contributed by atoms with Crippen molar-refractivity contribution in [3.05, 3.63) is 176 Å². The van der Waals surface area contributed by atoms with Gasteiger partial charge < -0.3 is 4.90 Å². The summed E-state index contributed by atoms with van der Waals surface area (Å²) >= 11 is 0. The zero-order valence-electron chi connectivity index (χ0n) is 23.7. The summed E-state index contributed by atoms with van der Waals surface area (Å²) in [5, 5.41) is 7.52. The van der Waals surface area contributed by atoms with Gasteiger partial charge in [0.25, 0.3) is 0 Å². The van der Waals surface area contributed by atoms with E-state index in [0.717, 1.165) is 11.4 Å². The van der Waals surface area contributed by atoms with E-state index in [9.17, 15) is 0 Å². The van der Waals surface area contributed by atoms with Crippen LogP contribution in [0.2, 0.25) is 0 Å². The van der Waals surface area contributed by atoms with Gasteiger partial charge in [-0.05, 0) is 85.6 Å². The molecule has 0 aliphatic heterocycles. The van der Waals surface area contributed by atoms with Crippen molar-refractivity contribution in [1.29, 1.82) is 0 Å². The van der Waals surface area contributed by atoms with Gasteiger partial charge in [0, 0.05) is 16.8 Å². The van der Waals surface area contributed by atoms with Crippen LogP contribution in [0, 0.1) is 0 Å². The summed E-state index contributed by atoms with van der Waals surface area (Å²) in [5.74, 6) is 0. The number of hydrogen-bond acceptors (Lipinski definition) is 1. The van der Waals surface area contributed by atoms with Gasteiger partial charge in [-0.25, -0.2) is 0 Å². The molecule has 0 aliphatic carbocycles. The lowest BCUT2D eigenvalue weighted by molar-refractivity contribution is 1.30. The first-order chi connectivity index (χ1) is 21.3. The Bertz CT molecular complexity index is 2240. The van der Waals surface area contributed by atoms with Crippen LogP contribution in [0.5, 0.6) is 0 Å². The summed E-state index contributed by atoms with van der Waals surface area (Å²) in [6, 6.07) is 63.5. The molecular weight excluding hydrogens is 518 g/mol. The van der Waals surface area contributed by atoms with E-state index in [1.807, 2.05) is 0 Å². The van der Waals surface area contributed by atoms with Crippen molar-refractivity contribution in [2.75, 3.05) is 4.90 Å². The molecular formula is C42H29N. The average Bonchev–Trinajstić information content (AvgIpc) is 3.09. The first-order valence-corrected chi connectivity index (χ1v) is 14.8. The topological polar surface area (TPSA) is 3.24 Å². The summed E-state index contributed by atoms with van der Waals surface area (Å²) in [6.07, 6.45) is 0. The molecule has 1 nitrogen and oxygen atoms in total. The molecule has 0 saturated heterocycles. The van der Waals surface area contributed by atoms with E-state index >= 15 is 0 Å². The van der Waals surface area contributed by atoms with Crippen molar-refractivity contribution in [1.82, 2.24) is 0 Å². The molecule has 0 aliphatic rings. The fourth-order valence-electron chi connectivity index (χ4n) is 6.39. The molecule has 0 radical (unpaired) electrons. The highest BCUT2D eigenvalue weighted by molar-refractivity contribution is 6.14. The Kier molecular flexibility index (Phi) is 6.20. The van der Waals surface area contributed by atoms with Gasteiger partial charge >= 0.3 is 0 Å². The predicted octanol–water partition coefficient (Wildman–Crippen LogP) is 11.9. The molecule has 8 aromatic rings. The molecule has 0 spiro atoms. The van der Waals surface area contributed by atoms with E-state index in [4.69, 9.17) is 0 Å². The highest BCUT2D eigenvalue weighted by atomic mass is 15.1. The van der Waals surface area contributed by atoms with Crippen molar-refractivity contribution in [3.8, 4) is 22.3 Å². The Hall–Kier alpha value is -5.66. The number of hydrogen-bond donors (Lipinski definition) is 0. The van der Waals surface area contributed by atoms with E-state index in [0.29, 0.717) is 0 Å². The maximum atomic E-state index is 2.40. The minimum absolute atomic E-state index is 1.12. The molecule has 202 valence electrons. The van der Waals surface area contributed by atoms with Gasteiger partial charge in [0.05, 0.1) is 5.69 Å². The SMILES string of the molecule is c1ccc(N(c2cccc(-c3cccc(-c4cccc5ccccc45)c3)c2)c2cc3ccccc3c3ccccc23)cc1. The largest absolute Gasteiger partial charge is 0.310 e. The van der Waals surface area contributed by atoms with Crippen molar-refractivity contribution >= 4 is 49.4 Å². The summed E-state index contributed by atoms with van der Waals surface area (Å²) < 4.78 is 0. The van der Waals surface area contributed by atoms with Crippen molar-refractivity contribution < 1.29 is 0 Å². The molecule has 0 N–H and O–H groups in total. The third-order valence-corrected chi connectivity index (χ3v) is 8.40. The van der Waals surface area contributed by atoms with Crippen LogP contribution >= 0.6 is 0 Å². The lowest BCUT2D eigenvalue weighted by Crippen LogP contribution is -2.10. The molecule has 0 bridgehead atoms. The predicted molar refractivity (Wildman–Crippen MR) is 185 cm³/mol. The Labute approximate surface area is 251 Å². The number of nitrogens with zero attached hydrogens (tertiary/aromatic N) is 1.